The van der Waals surface area contributed by atoms with Gasteiger partial charge in [0.05, 0.1) is 11.1 Å². The van der Waals surface area contributed by atoms with Gasteiger partial charge in [0.15, 0.2) is 0 Å². The normalized spacial score (nSPS) is 15.4. The summed E-state index contributed by atoms with van der Waals surface area (Å²) in [6, 6.07) is 4.61. The molecule has 1 aromatic rings. The number of anilines is 1. The first kappa shape index (κ1) is 14.2. The Hall–Kier alpha value is -2.21. The maximum Gasteiger partial charge on any atom is 0.270 e. The highest BCUT2D eigenvalue weighted by Gasteiger charge is 2.40. The molecule has 6 nitrogen and oxygen atoms in total. The van der Waals surface area contributed by atoms with E-state index in [0.29, 0.717) is 17.7 Å². The van der Waals surface area contributed by atoms with E-state index < -0.39 is 17.7 Å². The molecule has 4 N–H and O–H groups in total. The van der Waals surface area contributed by atoms with E-state index in [1.54, 1.807) is 6.07 Å². The zero-order valence-electron chi connectivity index (χ0n) is 11.3. The summed E-state index contributed by atoms with van der Waals surface area (Å²) >= 11 is 0. The molecule has 1 atom stereocenters. The molecule has 0 saturated heterocycles. The van der Waals surface area contributed by atoms with Crippen LogP contribution in [0, 0.1) is 0 Å². The number of nitrogens with two attached hydrogens (primary N) is 2. The third kappa shape index (κ3) is 2.42. The molecule has 1 aromatic carbocycles. The summed E-state index contributed by atoms with van der Waals surface area (Å²) in [4.78, 5) is 37.0. The van der Waals surface area contributed by atoms with Crippen LogP contribution in [0.2, 0.25) is 0 Å². The first-order valence-electron chi connectivity index (χ1n) is 6.49. The van der Waals surface area contributed by atoms with Gasteiger partial charge in [-0.3, -0.25) is 14.4 Å². The van der Waals surface area contributed by atoms with E-state index >= 15 is 0 Å². The van der Waals surface area contributed by atoms with E-state index in [4.69, 9.17) is 11.5 Å². The molecule has 1 aliphatic rings. The number of fused-ring (bicyclic) bond motifs is 1. The lowest BCUT2D eigenvalue weighted by Crippen LogP contribution is -2.36. The Morgan fingerprint density at radius 2 is 2.00 bits per heavy atom. The zero-order chi connectivity index (χ0) is 14.9. The van der Waals surface area contributed by atoms with Crippen LogP contribution in [-0.4, -0.2) is 28.7 Å². The van der Waals surface area contributed by atoms with Gasteiger partial charge in [-0.25, -0.2) is 4.90 Å². The van der Waals surface area contributed by atoms with Crippen LogP contribution < -0.4 is 11.5 Å². The molecule has 20 heavy (non-hydrogen) atoms. The third-order valence-corrected chi connectivity index (χ3v) is 3.25. The van der Waals surface area contributed by atoms with Crippen LogP contribution in [0.4, 0.5) is 5.69 Å². The Labute approximate surface area is 116 Å². The fourth-order valence-corrected chi connectivity index (χ4v) is 2.23. The van der Waals surface area contributed by atoms with Gasteiger partial charge in [-0.15, -0.1) is 0 Å². The number of hydrogen-bond donors (Lipinski definition) is 2. The molecule has 1 unspecified atom stereocenters. The molecule has 0 saturated carbocycles. The van der Waals surface area contributed by atoms with Gasteiger partial charge in [-0.05, 0) is 31.9 Å². The van der Waals surface area contributed by atoms with Crippen molar-refractivity contribution in [1.82, 2.24) is 4.90 Å². The number of benzene rings is 1. The largest absolute Gasteiger partial charge is 0.398 e. The molecule has 0 fully saturated rings. The average Bonchev–Trinajstić information content (AvgIpc) is 2.62. The third-order valence-electron chi connectivity index (χ3n) is 3.25. The monoisotopic (exact) mass is 275 g/mol. The number of hydrogen-bond acceptors (Lipinski definition) is 5. The highest BCUT2D eigenvalue weighted by Crippen LogP contribution is 2.28. The van der Waals surface area contributed by atoms with Crippen LogP contribution in [0.3, 0.4) is 0 Å². The second-order valence-corrected chi connectivity index (χ2v) is 4.98. The molecule has 6 heteroatoms. The van der Waals surface area contributed by atoms with Crippen LogP contribution in [0.5, 0.6) is 0 Å². The second kappa shape index (κ2) is 5.42. The van der Waals surface area contributed by atoms with Gasteiger partial charge in [0.2, 0.25) is 5.91 Å². The molecule has 3 amide bonds. The van der Waals surface area contributed by atoms with E-state index in [1.165, 1.54) is 12.1 Å². The van der Waals surface area contributed by atoms with Crippen molar-refractivity contribution >= 4 is 23.4 Å². The van der Waals surface area contributed by atoms with E-state index in [9.17, 15) is 14.4 Å². The van der Waals surface area contributed by atoms with E-state index in [2.05, 4.69) is 0 Å². The lowest BCUT2D eigenvalue weighted by molar-refractivity contribution is -0.126. The summed E-state index contributed by atoms with van der Waals surface area (Å²) in [5, 5.41) is 0. The molecular weight excluding hydrogens is 258 g/mol. The van der Waals surface area contributed by atoms with Crippen molar-refractivity contribution in [3.05, 3.63) is 29.3 Å². The predicted octanol–water partition coefficient (Wildman–Crippen LogP) is 0.909. The van der Waals surface area contributed by atoms with Gasteiger partial charge in [0, 0.05) is 18.2 Å². The average molecular weight is 275 g/mol. The van der Waals surface area contributed by atoms with Crippen molar-refractivity contribution in [3.63, 3.8) is 0 Å². The standard InChI is InChI=1S/C14H17N3O3/c1-8(15)4-2-7-11(18)17-13(19)9-5-3-6-10(16)12(9)14(17)20/h3,5-6,8H,2,4,7,15-16H2,1H3. The van der Waals surface area contributed by atoms with Crippen LogP contribution >= 0.6 is 0 Å². The number of nitrogens with zero attached hydrogens (tertiary/aromatic N) is 1. The highest BCUT2D eigenvalue weighted by molar-refractivity contribution is 6.30. The van der Waals surface area contributed by atoms with Crippen molar-refractivity contribution in [2.24, 2.45) is 5.73 Å². The molecule has 2 rings (SSSR count). The first-order chi connectivity index (χ1) is 9.43. The molecule has 0 spiro atoms. The summed E-state index contributed by atoms with van der Waals surface area (Å²) in [5.41, 5.74) is 11.8. The highest BCUT2D eigenvalue weighted by atomic mass is 16.2. The maximum absolute atomic E-state index is 12.1. The van der Waals surface area contributed by atoms with Crippen molar-refractivity contribution < 1.29 is 14.4 Å². The molecular formula is C14H17N3O3. The van der Waals surface area contributed by atoms with Crippen molar-refractivity contribution in [2.75, 3.05) is 5.73 Å². The summed E-state index contributed by atoms with van der Waals surface area (Å²) < 4.78 is 0. The summed E-state index contributed by atoms with van der Waals surface area (Å²) in [6.45, 7) is 1.84. The summed E-state index contributed by atoms with van der Waals surface area (Å²) in [5.74, 6) is -1.73. The molecule has 0 aromatic heterocycles. The maximum atomic E-state index is 12.1. The Kier molecular flexibility index (Phi) is 3.85. The molecule has 1 aliphatic heterocycles. The molecule has 1 heterocycles. The lowest BCUT2D eigenvalue weighted by atomic mass is 10.1. The Morgan fingerprint density at radius 3 is 2.60 bits per heavy atom. The number of imide groups is 3. The van der Waals surface area contributed by atoms with Crippen LogP contribution in [0.1, 0.15) is 46.9 Å². The van der Waals surface area contributed by atoms with Gasteiger partial charge in [-0.2, -0.15) is 0 Å². The Morgan fingerprint density at radius 1 is 1.30 bits per heavy atom. The van der Waals surface area contributed by atoms with Gasteiger partial charge in [0.1, 0.15) is 0 Å². The first-order valence-corrected chi connectivity index (χ1v) is 6.49. The van der Waals surface area contributed by atoms with Crippen LogP contribution in [-0.2, 0) is 4.79 Å². The van der Waals surface area contributed by atoms with Crippen LogP contribution in [0.15, 0.2) is 18.2 Å². The van der Waals surface area contributed by atoms with E-state index in [0.717, 1.165) is 0 Å². The van der Waals surface area contributed by atoms with Gasteiger partial charge >= 0.3 is 0 Å². The van der Waals surface area contributed by atoms with Crippen molar-refractivity contribution in [2.45, 2.75) is 32.2 Å². The smallest absolute Gasteiger partial charge is 0.270 e. The number of carbonyl (C=O) groups is 3. The molecule has 0 radical (unpaired) electrons. The van der Waals surface area contributed by atoms with Crippen LogP contribution in [0.25, 0.3) is 0 Å². The van der Waals surface area contributed by atoms with E-state index in [-0.39, 0.29) is 29.3 Å². The van der Waals surface area contributed by atoms with Crippen molar-refractivity contribution in [1.29, 1.82) is 0 Å². The fourth-order valence-electron chi connectivity index (χ4n) is 2.23. The number of amides is 3. The molecule has 0 bridgehead atoms. The molecule has 106 valence electrons. The number of rotatable bonds is 4. The quantitative estimate of drug-likeness (QED) is 0.627. The molecule has 0 aliphatic carbocycles. The lowest BCUT2D eigenvalue weighted by Gasteiger charge is -2.12. The predicted molar refractivity (Wildman–Crippen MR) is 73.9 cm³/mol. The summed E-state index contributed by atoms with van der Waals surface area (Å²) in [7, 11) is 0. The van der Waals surface area contributed by atoms with Gasteiger partial charge in [0.25, 0.3) is 11.8 Å². The van der Waals surface area contributed by atoms with E-state index in [1.807, 2.05) is 6.92 Å². The van der Waals surface area contributed by atoms with Gasteiger partial charge in [-0.1, -0.05) is 6.07 Å². The summed E-state index contributed by atoms with van der Waals surface area (Å²) in [6.07, 6.45) is 1.32. The minimum Gasteiger partial charge on any atom is -0.398 e. The fraction of sp³-hybridized carbons (Fsp3) is 0.357. The number of carbonyl (C=O) groups excluding carboxylic acids is 3. The topological polar surface area (TPSA) is 106 Å². The Balaban J connectivity index is 2.16. The SMILES string of the molecule is CC(N)CCCC(=O)N1C(=O)c2cccc(N)c2C1=O. The zero-order valence-corrected chi connectivity index (χ0v) is 11.3. The van der Waals surface area contributed by atoms with Crippen molar-refractivity contribution in [3.8, 4) is 0 Å². The minimum absolute atomic E-state index is 0.0133. The second-order valence-electron chi connectivity index (χ2n) is 4.98. The minimum atomic E-state index is -0.631. The van der Waals surface area contributed by atoms with Gasteiger partial charge < -0.3 is 11.5 Å². The Bertz CT molecular complexity index is 581. The number of nitrogen functional groups attached to an aromatic ring is 1.